The molecule has 0 atom stereocenters. The number of aromatic amines is 1. The molecule has 3 aromatic rings. The second-order valence-electron chi connectivity index (χ2n) is 5.00. The second-order valence-corrected chi connectivity index (χ2v) is 5.39. The van der Waals surface area contributed by atoms with Gasteiger partial charge in [-0.3, -0.25) is 4.79 Å². The Hall–Kier alpha value is -3.17. The highest BCUT2D eigenvalue weighted by Gasteiger charge is 2.10. The van der Waals surface area contributed by atoms with Gasteiger partial charge in [-0.25, -0.2) is 0 Å². The Kier molecular flexibility index (Phi) is 4.27. The first-order chi connectivity index (χ1) is 11.6. The van der Waals surface area contributed by atoms with Crippen molar-refractivity contribution in [2.45, 2.75) is 6.92 Å². The van der Waals surface area contributed by atoms with Gasteiger partial charge in [0.15, 0.2) is 5.15 Å². The summed E-state index contributed by atoms with van der Waals surface area (Å²) >= 11 is 5.67. The Bertz CT molecular complexity index is 973. The smallest absolute Gasteiger partial charge is 0.266 e. The summed E-state index contributed by atoms with van der Waals surface area (Å²) < 4.78 is 5.56. The van der Waals surface area contributed by atoms with Gasteiger partial charge in [-0.05, 0) is 36.8 Å². The normalized spacial score (nSPS) is 10.2. The maximum atomic E-state index is 11.9. The van der Waals surface area contributed by atoms with E-state index in [1.807, 2.05) is 6.07 Å². The molecule has 0 aliphatic heterocycles. The van der Waals surface area contributed by atoms with Crippen LogP contribution in [-0.2, 0) is 0 Å². The number of nitriles is 1. The van der Waals surface area contributed by atoms with Gasteiger partial charge >= 0.3 is 0 Å². The lowest BCUT2D eigenvalue weighted by atomic mass is 10.0. The van der Waals surface area contributed by atoms with Crippen LogP contribution in [0, 0.1) is 18.3 Å². The van der Waals surface area contributed by atoms with E-state index in [9.17, 15) is 10.1 Å². The number of benzene rings is 1. The SMILES string of the molecule is Cc1cc(-c2ccc(Oc3ccc(Cl)nn3)cc2)c(C#N)c(=O)[nH]1. The lowest BCUT2D eigenvalue weighted by Crippen LogP contribution is -2.12. The average Bonchev–Trinajstić information content (AvgIpc) is 2.57. The Balaban J connectivity index is 1.92. The summed E-state index contributed by atoms with van der Waals surface area (Å²) in [4.78, 5) is 14.5. The molecule has 0 bridgehead atoms. The van der Waals surface area contributed by atoms with E-state index in [2.05, 4.69) is 15.2 Å². The number of ether oxygens (including phenoxy) is 1. The molecule has 6 nitrogen and oxygen atoms in total. The number of nitrogens with zero attached hydrogens (tertiary/aromatic N) is 3. The summed E-state index contributed by atoms with van der Waals surface area (Å²) in [6.45, 7) is 1.77. The van der Waals surface area contributed by atoms with Crippen molar-refractivity contribution in [3.8, 4) is 28.8 Å². The van der Waals surface area contributed by atoms with Crippen LogP contribution in [0.25, 0.3) is 11.1 Å². The lowest BCUT2D eigenvalue weighted by Gasteiger charge is -2.07. The largest absolute Gasteiger partial charge is 0.438 e. The van der Waals surface area contributed by atoms with E-state index in [1.54, 1.807) is 49.4 Å². The van der Waals surface area contributed by atoms with Crippen LogP contribution < -0.4 is 10.3 Å². The van der Waals surface area contributed by atoms with Crippen LogP contribution in [0.1, 0.15) is 11.3 Å². The van der Waals surface area contributed by atoms with Crippen molar-refractivity contribution in [1.82, 2.24) is 15.2 Å². The van der Waals surface area contributed by atoms with Gasteiger partial charge in [-0.2, -0.15) is 5.26 Å². The first-order valence-corrected chi connectivity index (χ1v) is 7.36. The van der Waals surface area contributed by atoms with Gasteiger partial charge in [0.25, 0.3) is 5.56 Å². The second kappa shape index (κ2) is 6.52. The van der Waals surface area contributed by atoms with E-state index < -0.39 is 5.56 Å². The highest BCUT2D eigenvalue weighted by Crippen LogP contribution is 2.26. The van der Waals surface area contributed by atoms with Crippen molar-refractivity contribution in [2.75, 3.05) is 0 Å². The summed E-state index contributed by atoms with van der Waals surface area (Å²) in [6, 6.07) is 13.9. The van der Waals surface area contributed by atoms with Gasteiger partial charge < -0.3 is 9.72 Å². The molecule has 0 spiro atoms. The molecule has 0 aliphatic carbocycles. The molecule has 0 amide bonds. The van der Waals surface area contributed by atoms with Gasteiger partial charge in [-0.1, -0.05) is 23.7 Å². The topological polar surface area (TPSA) is 91.7 Å². The summed E-state index contributed by atoms with van der Waals surface area (Å²) in [5.41, 5.74) is 1.69. The Labute approximate surface area is 142 Å². The van der Waals surface area contributed by atoms with Crippen LogP contribution in [0.15, 0.2) is 47.3 Å². The molecule has 0 saturated carbocycles. The number of nitrogens with one attached hydrogen (secondary N) is 1. The zero-order valence-corrected chi connectivity index (χ0v) is 13.3. The van der Waals surface area contributed by atoms with E-state index in [1.165, 1.54) is 0 Å². The highest BCUT2D eigenvalue weighted by atomic mass is 35.5. The van der Waals surface area contributed by atoms with Crippen LogP contribution in [-0.4, -0.2) is 15.2 Å². The fraction of sp³-hybridized carbons (Fsp3) is 0.0588. The molecule has 0 fully saturated rings. The van der Waals surface area contributed by atoms with Gasteiger partial charge in [0.1, 0.15) is 17.4 Å². The fourth-order valence-electron chi connectivity index (χ4n) is 2.21. The molecule has 7 heteroatoms. The first kappa shape index (κ1) is 15.7. The van der Waals surface area contributed by atoms with Gasteiger partial charge in [0.05, 0.1) is 0 Å². The van der Waals surface area contributed by atoms with Crippen LogP contribution in [0.2, 0.25) is 5.15 Å². The monoisotopic (exact) mass is 338 g/mol. The van der Waals surface area contributed by atoms with Crippen LogP contribution in [0.4, 0.5) is 0 Å². The number of halogens is 1. The molecule has 1 N–H and O–H groups in total. The van der Waals surface area contributed by atoms with Gasteiger partial charge in [0, 0.05) is 17.3 Å². The molecule has 0 radical (unpaired) electrons. The number of rotatable bonds is 3. The molecule has 0 saturated heterocycles. The minimum atomic E-state index is -0.399. The Morgan fingerprint density at radius 3 is 2.54 bits per heavy atom. The molecule has 2 aromatic heterocycles. The van der Waals surface area contributed by atoms with Crippen LogP contribution >= 0.6 is 11.6 Å². The lowest BCUT2D eigenvalue weighted by molar-refractivity contribution is 0.455. The number of H-pyrrole nitrogens is 1. The van der Waals surface area contributed by atoms with Crippen molar-refractivity contribution in [2.24, 2.45) is 0 Å². The third-order valence-corrected chi connectivity index (χ3v) is 3.48. The van der Waals surface area contributed by atoms with Crippen molar-refractivity contribution >= 4 is 11.6 Å². The Morgan fingerprint density at radius 2 is 1.92 bits per heavy atom. The maximum absolute atomic E-state index is 11.9. The molecule has 3 rings (SSSR count). The molecule has 2 heterocycles. The maximum Gasteiger partial charge on any atom is 0.266 e. The third-order valence-electron chi connectivity index (χ3n) is 3.28. The van der Waals surface area contributed by atoms with E-state index in [0.29, 0.717) is 22.9 Å². The van der Waals surface area contributed by atoms with E-state index in [-0.39, 0.29) is 10.7 Å². The standard InChI is InChI=1S/C17H11ClN4O2/c1-10-8-13(14(9-19)17(23)20-10)11-2-4-12(5-3-11)24-16-7-6-15(18)21-22-16/h2-8H,1H3,(H,20,23). The molecular weight excluding hydrogens is 328 g/mol. The minimum Gasteiger partial charge on any atom is -0.438 e. The number of aryl methyl sites for hydroxylation is 1. The number of pyridine rings is 1. The third kappa shape index (κ3) is 3.26. The van der Waals surface area contributed by atoms with Crippen molar-refractivity contribution in [1.29, 1.82) is 5.26 Å². The summed E-state index contributed by atoms with van der Waals surface area (Å²) in [5.74, 6) is 0.868. The van der Waals surface area contributed by atoms with Crippen molar-refractivity contribution < 1.29 is 4.74 Å². The van der Waals surface area contributed by atoms with E-state index in [0.717, 1.165) is 5.56 Å². The van der Waals surface area contributed by atoms with Crippen LogP contribution in [0.5, 0.6) is 11.6 Å². The minimum absolute atomic E-state index is 0.0813. The van der Waals surface area contributed by atoms with E-state index >= 15 is 0 Å². The van der Waals surface area contributed by atoms with Gasteiger partial charge in [0.2, 0.25) is 5.88 Å². The van der Waals surface area contributed by atoms with Crippen molar-refractivity contribution in [3.05, 3.63) is 69.2 Å². The molecular formula is C17H11ClN4O2. The molecule has 118 valence electrons. The number of aromatic nitrogens is 3. The predicted octanol–water partition coefficient (Wildman–Crippen LogP) is 3.46. The quantitative estimate of drug-likeness (QED) is 0.789. The highest BCUT2D eigenvalue weighted by molar-refractivity contribution is 6.29. The first-order valence-electron chi connectivity index (χ1n) is 6.98. The number of hydrogen-bond acceptors (Lipinski definition) is 5. The fourth-order valence-corrected chi connectivity index (χ4v) is 2.31. The molecule has 24 heavy (non-hydrogen) atoms. The summed E-state index contributed by atoms with van der Waals surface area (Å²) in [6.07, 6.45) is 0. The van der Waals surface area contributed by atoms with Gasteiger partial charge in [-0.15, -0.1) is 10.2 Å². The molecule has 1 aromatic carbocycles. The number of hydrogen-bond donors (Lipinski definition) is 1. The summed E-state index contributed by atoms with van der Waals surface area (Å²) in [7, 11) is 0. The molecule has 0 unspecified atom stereocenters. The average molecular weight is 339 g/mol. The van der Waals surface area contributed by atoms with Crippen LogP contribution in [0.3, 0.4) is 0 Å². The van der Waals surface area contributed by atoms with E-state index in [4.69, 9.17) is 16.3 Å². The summed E-state index contributed by atoms with van der Waals surface area (Å²) in [5, 5.41) is 17.0. The zero-order chi connectivity index (χ0) is 17.1. The zero-order valence-electron chi connectivity index (χ0n) is 12.6. The molecule has 0 aliphatic rings. The van der Waals surface area contributed by atoms with Crippen molar-refractivity contribution in [3.63, 3.8) is 0 Å². The predicted molar refractivity (Wildman–Crippen MR) is 89.1 cm³/mol. The Morgan fingerprint density at radius 1 is 1.17 bits per heavy atom.